The van der Waals surface area contributed by atoms with E-state index in [1.165, 1.54) is 32.4 Å². The Bertz CT molecular complexity index is 206. The Balaban J connectivity index is 1.56. The molecule has 1 aliphatic carbocycles. The number of nitrogens with one attached hydrogen (secondary N) is 1. The van der Waals surface area contributed by atoms with Crippen LogP contribution in [0.3, 0.4) is 0 Å². The van der Waals surface area contributed by atoms with E-state index in [1.54, 1.807) is 0 Å². The SMILES string of the molecule is CCOCC(C)NCC1CCN(C2CC2)C1. The van der Waals surface area contributed by atoms with E-state index in [9.17, 15) is 0 Å². The summed E-state index contributed by atoms with van der Waals surface area (Å²) in [6, 6.07) is 1.45. The number of ether oxygens (including phenoxy) is 1. The highest BCUT2D eigenvalue weighted by molar-refractivity contribution is 4.90. The summed E-state index contributed by atoms with van der Waals surface area (Å²) in [5, 5.41) is 3.59. The van der Waals surface area contributed by atoms with Gasteiger partial charge in [-0.15, -0.1) is 0 Å². The molecule has 2 atom stereocenters. The van der Waals surface area contributed by atoms with Crippen LogP contribution in [0.5, 0.6) is 0 Å². The van der Waals surface area contributed by atoms with Crippen LogP contribution in [0.2, 0.25) is 0 Å². The summed E-state index contributed by atoms with van der Waals surface area (Å²) in [6.07, 6.45) is 4.27. The first-order chi connectivity index (χ1) is 7.79. The number of likely N-dealkylation sites (tertiary alicyclic amines) is 1. The molecule has 16 heavy (non-hydrogen) atoms. The van der Waals surface area contributed by atoms with Crippen LogP contribution in [0.25, 0.3) is 0 Å². The van der Waals surface area contributed by atoms with Crippen molar-refractivity contribution >= 4 is 0 Å². The van der Waals surface area contributed by atoms with Crippen molar-refractivity contribution in [3.63, 3.8) is 0 Å². The predicted octanol–water partition coefficient (Wildman–Crippen LogP) is 1.49. The number of hydrogen-bond acceptors (Lipinski definition) is 3. The highest BCUT2D eigenvalue weighted by atomic mass is 16.5. The first-order valence-electron chi connectivity index (χ1n) is 6.84. The van der Waals surface area contributed by atoms with Crippen LogP contribution in [0.15, 0.2) is 0 Å². The number of hydrogen-bond donors (Lipinski definition) is 1. The highest BCUT2D eigenvalue weighted by Gasteiger charge is 2.34. The average Bonchev–Trinajstić information content (AvgIpc) is 3.03. The second-order valence-electron chi connectivity index (χ2n) is 5.35. The van der Waals surface area contributed by atoms with Gasteiger partial charge in [-0.3, -0.25) is 0 Å². The summed E-state index contributed by atoms with van der Waals surface area (Å²) in [7, 11) is 0. The minimum Gasteiger partial charge on any atom is -0.380 e. The minimum atomic E-state index is 0.495. The maximum atomic E-state index is 5.41. The van der Waals surface area contributed by atoms with E-state index in [2.05, 4.69) is 24.1 Å². The van der Waals surface area contributed by atoms with Crippen molar-refractivity contribution in [2.75, 3.05) is 32.8 Å². The summed E-state index contributed by atoms with van der Waals surface area (Å²) in [6.45, 7) is 9.74. The van der Waals surface area contributed by atoms with Crippen molar-refractivity contribution in [1.29, 1.82) is 0 Å². The fraction of sp³-hybridized carbons (Fsp3) is 1.00. The second kappa shape index (κ2) is 5.99. The summed E-state index contributed by atoms with van der Waals surface area (Å²) in [5.41, 5.74) is 0. The summed E-state index contributed by atoms with van der Waals surface area (Å²) in [4.78, 5) is 2.68. The van der Waals surface area contributed by atoms with Gasteiger partial charge in [0.2, 0.25) is 0 Å². The zero-order valence-electron chi connectivity index (χ0n) is 10.7. The molecule has 1 heterocycles. The van der Waals surface area contributed by atoms with Gasteiger partial charge in [0.25, 0.3) is 0 Å². The molecule has 1 aliphatic heterocycles. The molecule has 2 rings (SSSR count). The minimum absolute atomic E-state index is 0.495. The van der Waals surface area contributed by atoms with E-state index in [4.69, 9.17) is 4.74 Å². The quantitative estimate of drug-likeness (QED) is 0.712. The molecule has 0 aromatic heterocycles. The molecular formula is C13H26N2O. The fourth-order valence-corrected chi connectivity index (χ4v) is 2.52. The van der Waals surface area contributed by atoms with Crippen LogP contribution in [-0.2, 0) is 4.74 Å². The van der Waals surface area contributed by atoms with Crippen molar-refractivity contribution in [3.8, 4) is 0 Å². The van der Waals surface area contributed by atoms with E-state index in [0.717, 1.165) is 31.7 Å². The third kappa shape index (κ3) is 3.72. The van der Waals surface area contributed by atoms with Crippen molar-refractivity contribution in [1.82, 2.24) is 10.2 Å². The van der Waals surface area contributed by atoms with Crippen molar-refractivity contribution in [2.45, 2.75) is 45.2 Å². The zero-order valence-corrected chi connectivity index (χ0v) is 10.7. The molecule has 2 unspecified atom stereocenters. The van der Waals surface area contributed by atoms with Gasteiger partial charge in [0.05, 0.1) is 6.61 Å². The van der Waals surface area contributed by atoms with Crippen molar-refractivity contribution in [2.24, 2.45) is 5.92 Å². The molecule has 94 valence electrons. The average molecular weight is 226 g/mol. The summed E-state index contributed by atoms with van der Waals surface area (Å²) in [5.74, 6) is 0.865. The van der Waals surface area contributed by atoms with Crippen LogP contribution in [-0.4, -0.2) is 49.8 Å². The van der Waals surface area contributed by atoms with E-state index >= 15 is 0 Å². The van der Waals surface area contributed by atoms with Gasteiger partial charge >= 0.3 is 0 Å². The third-order valence-corrected chi connectivity index (χ3v) is 3.71. The van der Waals surface area contributed by atoms with Gasteiger partial charge in [0.1, 0.15) is 0 Å². The maximum absolute atomic E-state index is 5.41. The highest BCUT2D eigenvalue weighted by Crippen LogP contribution is 2.31. The Morgan fingerprint density at radius 2 is 2.19 bits per heavy atom. The van der Waals surface area contributed by atoms with Crippen LogP contribution in [0.1, 0.15) is 33.1 Å². The van der Waals surface area contributed by atoms with Crippen LogP contribution in [0.4, 0.5) is 0 Å². The summed E-state index contributed by atoms with van der Waals surface area (Å²) >= 11 is 0. The first-order valence-corrected chi connectivity index (χ1v) is 6.84. The Hall–Kier alpha value is -0.120. The molecule has 1 N–H and O–H groups in total. The molecule has 1 saturated carbocycles. The standard InChI is InChI=1S/C13H26N2O/c1-3-16-10-11(2)14-8-12-6-7-15(9-12)13-4-5-13/h11-14H,3-10H2,1-2H3. The second-order valence-corrected chi connectivity index (χ2v) is 5.35. The first kappa shape index (κ1) is 12.3. The largest absolute Gasteiger partial charge is 0.380 e. The van der Waals surface area contributed by atoms with Gasteiger partial charge < -0.3 is 15.0 Å². The van der Waals surface area contributed by atoms with E-state index in [1.807, 2.05) is 0 Å². The molecule has 3 heteroatoms. The molecule has 0 aromatic rings. The monoisotopic (exact) mass is 226 g/mol. The lowest BCUT2D eigenvalue weighted by Gasteiger charge is -2.18. The Labute approximate surface area is 99.5 Å². The molecule has 0 aromatic carbocycles. The normalized spacial score (nSPS) is 28.5. The van der Waals surface area contributed by atoms with Gasteiger partial charge in [0, 0.05) is 25.2 Å². The topological polar surface area (TPSA) is 24.5 Å². The van der Waals surface area contributed by atoms with Gasteiger partial charge in [-0.2, -0.15) is 0 Å². The maximum Gasteiger partial charge on any atom is 0.0616 e. The van der Waals surface area contributed by atoms with Gasteiger partial charge in [0.15, 0.2) is 0 Å². The Morgan fingerprint density at radius 1 is 1.38 bits per heavy atom. The zero-order chi connectivity index (χ0) is 11.4. The molecule has 0 spiro atoms. The van der Waals surface area contributed by atoms with Crippen LogP contribution >= 0.6 is 0 Å². The van der Waals surface area contributed by atoms with Crippen molar-refractivity contribution in [3.05, 3.63) is 0 Å². The number of rotatable bonds is 7. The van der Waals surface area contributed by atoms with Gasteiger partial charge in [-0.1, -0.05) is 0 Å². The third-order valence-electron chi connectivity index (χ3n) is 3.71. The molecule has 0 amide bonds. The van der Waals surface area contributed by atoms with Crippen molar-refractivity contribution < 1.29 is 4.74 Å². The van der Waals surface area contributed by atoms with Crippen LogP contribution < -0.4 is 5.32 Å². The summed E-state index contributed by atoms with van der Waals surface area (Å²) < 4.78 is 5.41. The molecular weight excluding hydrogens is 200 g/mol. The molecule has 0 radical (unpaired) electrons. The van der Waals surface area contributed by atoms with Crippen LogP contribution in [0, 0.1) is 5.92 Å². The van der Waals surface area contributed by atoms with E-state index in [-0.39, 0.29) is 0 Å². The molecule has 3 nitrogen and oxygen atoms in total. The molecule has 1 saturated heterocycles. The predicted molar refractivity (Wildman–Crippen MR) is 66.7 cm³/mol. The van der Waals surface area contributed by atoms with E-state index < -0.39 is 0 Å². The lowest BCUT2D eigenvalue weighted by atomic mass is 10.1. The van der Waals surface area contributed by atoms with Gasteiger partial charge in [-0.25, -0.2) is 0 Å². The molecule has 0 bridgehead atoms. The number of nitrogens with zero attached hydrogens (tertiary/aromatic N) is 1. The smallest absolute Gasteiger partial charge is 0.0616 e. The van der Waals surface area contributed by atoms with E-state index in [0.29, 0.717) is 6.04 Å². The molecule has 2 aliphatic rings. The lowest BCUT2D eigenvalue weighted by Crippen LogP contribution is -2.35. The Morgan fingerprint density at radius 3 is 2.88 bits per heavy atom. The lowest BCUT2D eigenvalue weighted by molar-refractivity contribution is 0.126. The fourth-order valence-electron chi connectivity index (χ4n) is 2.52. The molecule has 2 fully saturated rings. The Kier molecular flexibility index (Phi) is 4.62. The van der Waals surface area contributed by atoms with Gasteiger partial charge in [-0.05, 0) is 52.1 Å².